The lowest BCUT2D eigenvalue weighted by Gasteiger charge is -2.23. The van der Waals surface area contributed by atoms with Crippen LogP contribution in [0.25, 0.3) is 0 Å². The van der Waals surface area contributed by atoms with Gasteiger partial charge >= 0.3 is 0 Å². The van der Waals surface area contributed by atoms with Crippen molar-refractivity contribution in [2.75, 3.05) is 18.5 Å². The molecule has 0 spiro atoms. The van der Waals surface area contributed by atoms with E-state index in [9.17, 15) is 13.2 Å². The van der Waals surface area contributed by atoms with E-state index in [2.05, 4.69) is 5.32 Å². The first-order valence-corrected chi connectivity index (χ1v) is 11.9. The Morgan fingerprint density at radius 1 is 0.969 bits per heavy atom. The molecule has 0 aliphatic carbocycles. The van der Waals surface area contributed by atoms with Crippen LogP contribution in [0.2, 0.25) is 0 Å². The summed E-state index contributed by atoms with van der Waals surface area (Å²) < 4.78 is 33.9. The molecule has 0 saturated heterocycles. The lowest BCUT2D eigenvalue weighted by Crippen LogP contribution is -2.38. The summed E-state index contributed by atoms with van der Waals surface area (Å²) in [6.07, 6.45) is 0. The first-order chi connectivity index (χ1) is 15.3. The van der Waals surface area contributed by atoms with E-state index in [4.69, 9.17) is 4.74 Å². The minimum atomic E-state index is -3.92. The number of benzene rings is 3. The number of para-hydroxylation sites is 2. The van der Waals surface area contributed by atoms with Crippen molar-refractivity contribution in [1.29, 1.82) is 0 Å². The Balaban J connectivity index is 1.91. The van der Waals surface area contributed by atoms with Crippen LogP contribution < -0.4 is 10.1 Å². The van der Waals surface area contributed by atoms with Crippen molar-refractivity contribution >= 4 is 21.6 Å². The zero-order valence-electron chi connectivity index (χ0n) is 18.5. The van der Waals surface area contributed by atoms with Crippen molar-refractivity contribution in [3.63, 3.8) is 0 Å². The predicted octanol–water partition coefficient (Wildman–Crippen LogP) is 4.53. The number of hydrogen-bond donors (Lipinski definition) is 1. The van der Waals surface area contributed by atoms with Gasteiger partial charge in [0.2, 0.25) is 15.9 Å². The second-order valence-electron chi connectivity index (χ2n) is 7.50. The van der Waals surface area contributed by atoms with Crippen molar-refractivity contribution in [1.82, 2.24) is 4.31 Å². The number of aryl methyl sites for hydroxylation is 2. The number of sulfonamides is 1. The number of ether oxygens (including phenoxy) is 1. The molecule has 7 heteroatoms. The molecule has 1 amide bonds. The van der Waals surface area contributed by atoms with Gasteiger partial charge in [0.25, 0.3) is 0 Å². The van der Waals surface area contributed by atoms with Gasteiger partial charge in [0, 0.05) is 6.54 Å². The highest BCUT2D eigenvalue weighted by atomic mass is 32.2. The first kappa shape index (κ1) is 23.5. The van der Waals surface area contributed by atoms with Gasteiger partial charge in [-0.3, -0.25) is 4.79 Å². The van der Waals surface area contributed by atoms with Gasteiger partial charge in [-0.05, 0) is 55.7 Å². The number of nitrogens with zero attached hydrogens (tertiary/aromatic N) is 1. The number of anilines is 1. The monoisotopic (exact) mass is 452 g/mol. The Morgan fingerprint density at radius 2 is 1.66 bits per heavy atom. The fourth-order valence-electron chi connectivity index (χ4n) is 3.34. The third-order valence-electron chi connectivity index (χ3n) is 4.94. The Labute approximate surface area is 189 Å². The molecule has 0 aromatic heterocycles. The summed E-state index contributed by atoms with van der Waals surface area (Å²) in [6.45, 7) is 5.66. The zero-order valence-corrected chi connectivity index (χ0v) is 19.4. The summed E-state index contributed by atoms with van der Waals surface area (Å²) in [4.78, 5) is 13.1. The maximum atomic E-state index is 13.6. The lowest BCUT2D eigenvalue weighted by molar-refractivity contribution is -0.116. The molecule has 3 aromatic rings. The summed E-state index contributed by atoms with van der Waals surface area (Å²) >= 11 is 0. The fraction of sp³-hybridized carbons (Fsp3) is 0.240. The highest BCUT2D eigenvalue weighted by Crippen LogP contribution is 2.25. The molecule has 32 heavy (non-hydrogen) atoms. The largest absolute Gasteiger partial charge is 0.492 e. The minimum absolute atomic E-state index is 0.0804. The van der Waals surface area contributed by atoms with E-state index in [1.165, 1.54) is 4.31 Å². The molecule has 3 rings (SSSR count). The standard InChI is InChI=1S/C25H28N2O4S/c1-4-31-23-13-9-8-12-22(23)26-25(28)18-27(17-21-10-6-5-7-11-21)32(29,30)24-16-19(2)14-15-20(24)3/h5-16H,4,17-18H2,1-3H3,(H,26,28). The van der Waals surface area contributed by atoms with Crippen molar-refractivity contribution in [3.05, 3.63) is 89.5 Å². The second-order valence-corrected chi connectivity index (χ2v) is 9.41. The van der Waals surface area contributed by atoms with Crippen molar-refractivity contribution in [2.45, 2.75) is 32.2 Å². The summed E-state index contributed by atoms with van der Waals surface area (Å²) in [5.41, 5.74) is 2.77. The minimum Gasteiger partial charge on any atom is -0.492 e. The molecular formula is C25H28N2O4S. The highest BCUT2D eigenvalue weighted by molar-refractivity contribution is 7.89. The molecule has 0 fully saturated rings. The topological polar surface area (TPSA) is 75.7 Å². The molecule has 0 heterocycles. The third kappa shape index (κ3) is 5.75. The summed E-state index contributed by atoms with van der Waals surface area (Å²) in [7, 11) is -3.92. The molecule has 168 valence electrons. The van der Waals surface area contributed by atoms with Crippen LogP contribution in [0.1, 0.15) is 23.6 Å². The average molecular weight is 453 g/mol. The number of carbonyl (C=O) groups excluding carboxylic acids is 1. The highest BCUT2D eigenvalue weighted by Gasteiger charge is 2.28. The molecule has 0 unspecified atom stereocenters. The molecule has 0 aliphatic rings. The van der Waals surface area contributed by atoms with E-state index >= 15 is 0 Å². The van der Waals surface area contributed by atoms with Crippen LogP contribution in [0.15, 0.2) is 77.7 Å². The SMILES string of the molecule is CCOc1ccccc1NC(=O)CN(Cc1ccccc1)S(=O)(=O)c1cc(C)ccc1C. The van der Waals surface area contributed by atoms with E-state index in [1.807, 2.05) is 56.3 Å². The van der Waals surface area contributed by atoms with Crippen LogP contribution in [0.5, 0.6) is 5.75 Å². The van der Waals surface area contributed by atoms with Gasteiger partial charge in [-0.25, -0.2) is 8.42 Å². The maximum absolute atomic E-state index is 13.6. The van der Waals surface area contributed by atoms with Gasteiger partial charge in [0.1, 0.15) is 5.75 Å². The quantitative estimate of drug-likeness (QED) is 0.518. The van der Waals surface area contributed by atoms with Crippen LogP contribution in [-0.2, 0) is 21.4 Å². The van der Waals surface area contributed by atoms with Gasteiger partial charge in [0.05, 0.1) is 23.7 Å². The van der Waals surface area contributed by atoms with Gasteiger partial charge in [-0.2, -0.15) is 4.31 Å². The van der Waals surface area contributed by atoms with E-state index < -0.39 is 15.9 Å². The number of rotatable bonds is 9. The molecule has 0 atom stereocenters. The average Bonchev–Trinajstić information content (AvgIpc) is 2.77. The lowest BCUT2D eigenvalue weighted by atomic mass is 10.2. The van der Waals surface area contributed by atoms with Crippen LogP contribution in [0, 0.1) is 13.8 Å². The third-order valence-corrected chi connectivity index (χ3v) is 6.88. The van der Waals surface area contributed by atoms with Crippen LogP contribution in [0.3, 0.4) is 0 Å². The summed E-state index contributed by atoms with van der Waals surface area (Å²) in [5, 5.41) is 2.79. The maximum Gasteiger partial charge on any atom is 0.244 e. The Bertz CT molecular complexity index is 1180. The molecule has 6 nitrogen and oxygen atoms in total. The smallest absolute Gasteiger partial charge is 0.244 e. The Kier molecular flexibility index (Phi) is 7.66. The van der Waals surface area contributed by atoms with Gasteiger partial charge in [-0.1, -0.05) is 54.6 Å². The fourth-order valence-corrected chi connectivity index (χ4v) is 5.03. The molecule has 0 aliphatic heterocycles. The van der Waals surface area contributed by atoms with E-state index in [0.29, 0.717) is 23.6 Å². The first-order valence-electron chi connectivity index (χ1n) is 10.4. The molecule has 1 N–H and O–H groups in total. The Morgan fingerprint density at radius 3 is 2.38 bits per heavy atom. The molecule has 3 aromatic carbocycles. The number of amides is 1. The van der Waals surface area contributed by atoms with Crippen LogP contribution in [0.4, 0.5) is 5.69 Å². The normalized spacial score (nSPS) is 11.4. The summed E-state index contributed by atoms with van der Waals surface area (Å²) in [6, 6.07) is 21.6. The predicted molar refractivity (Wildman–Crippen MR) is 126 cm³/mol. The van der Waals surface area contributed by atoms with Crippen molar-refractivity contribution < 1.29 is 17.9 Å². The molecule has 0 saturated carbocycles. The summed E-state index contributed by atoms with van der Waals surface area (Å²) in [5.74, 6) is 0.0947. The van der Waals surface area contributed by atoms with Gasteiger partial charge < -0.3 is 10.1 Å². The van der Waals surface area contributed by atoms with Crippen molar-refractivity contribution in [3.8, 4) is 5.75 Å². The van der Waals surface area contributed by atoms with Gasteiger partial charge in [0.15, 0.2) is 0 Å². The number of nitrogens with one attached hydrogen (secondary N) is 1. The van der Waals surface area contributed by atoms with Crippen LogP contribution >= 0.6 is 0 Å². The Hall–Kier alpha value is -3.16. The van der Waals surface area contributed by atoms with E-state index in [1.54, 1.807) is 37.3 Å². The molecule has 0 bridgehead atoms. The number of hydrogen-bond acceptors (Lipinski definition) is 4. The van der Waals surface area contributed by atoms with E-state index in [0.717, 1.165) is 11.1 Å². The van der Waals surface area contributed by atoms with Gasteiger partial charge in [-0.15, -0.1) is 0 Å². The second kappa shape index (κ2) is 10.4. The van der Waals surface area contributed by atoms with E-state index in [-0.39, 0.29) is 18.0 Å². The number of carbonyl (C=O) groups is 1. The molecule has 0 radical (unpaired) electrons. The van der Waals surface area contributed by atoms with Crippen LogP contribution in [-0.4, -0.2) is 31.8 Å². The van der Waals surface area contributed by atoms with Crippen molar-refractivity contribution in [2.24, 2.45) is 0 Å². The molecular weight excluding hydrogens is 424 g/mol. The zero-order chi connectivity index (χ0) is 23.1.